The molecule has 4 rings (SSSR count). The quantitative estimate of drug-likeness (QED) is 0.513. The number of nitrogens with one attached hydrogen (secondary N) is 3. The maximum Gasteiger partial charge on any atom is 0.229 e. The number of ether oxygens (including phenoxy) is 1. The standard InChI is InChI=1S/C22H26ClN7O/c1-15-12-26-22(29-21(15)27-16-5-6-19(23)20(11-16)31-2)28-17-3-4-18(25-13-17)14-30-9-7-24-8-10-30/h3-6,11-13,24H,7-10,14H2,1-2H3,(H2,26,27,28,29). The molecule has 0 spiro atoms. The van der Waals surface area contributed by atoms with Crippen LogP contribution in [0, 0.1) is 6.92 Å². The van der Waals surface area contributed by atoms with E-state index in [0.29, 0.717) is 22.5 Å². The van der Waals surface area contributed by atoms with Crippen molar-refractivity contribution >= 4 is 34.7 Å². The van der Waals surface area contributed by atoms with Crippen molar-refractivity contribution in [2.75, 3.05) is 43.9 Å². The van der Waals surface area contributed by atoms with Crippen LogP contribution in [0.15, 0.2) is 42.7 Å². The number of hydrogen-bond donors (Lipinski definition) is 3. The van der Waals surface area contributed by atoms with Gasteiger partial charge in [0.1, 0.15) is 11.6 Å². The predicted octanol–water partition coefficient (Wildman–Crippen LogP) is 3.73. The van der Waals surface area contributed by atoms with Crippen LogP contribution < -0.4 is 20.7 Å². The van der Waals surface area contributed by atoms with Gasteiger partial charge in [0.15, 0.2) is 0 Å². The van der Waals surface area contributed by atoms with Crippen LogP contribution in [0.25, 0.3) is 0 Å². The molecular weight excluding hydrogens is 414 g/mol. The highest BCUT2D eigenvalue weighted by Crippen LogP contribution is 2.29. The summed E-state index contributed by atoms with van der Waals surface area (Å²) in [6.45, 7) is 6.98. The summed E-state index contributed by atoms with van der Waals surface area (Å²) >= 11 is 6.11. The van der Waals surface area contributed by atoms with E-state index in [2.05, 4.69) is 35.8 Å². The molecule has 0 aliphatic carbocycles. The molecule has 1 aliphatic heterocycles. The summed E-state index contributed by atoms with van der Waals surface area (Å²) in [6.07, 6.45) is 3.59. The maximum atomic E-state index is 6.11. The molecule has 0 amide bonds. The van der Waals surface area contributed by atoms with E-state index < -0.39 is 0 Å². The van der Waals surface area contributed by atoms with Crippen LogP contribution in [0.1, 0.15) is 11.3 Å². The summed E-state index contributed by atoms with van der Waals surface area (Å²) in [4.78, 5) is 16.0. The zero-order chi connectivity index (χ0) is 21.6. The van der Waals surface area contributed by atoms with E-state index >= 15 is 0 Å². The van der Waals surface area contributed by atoms with E-state index in [-0.39, 0.29) is 0 Å². The average Bonchev–Trinajstić information content (AvgIpc) is 2.79. The molecule has 0 atom stereocenters. The summed E-state index contributed by atoms with van der Waals surface area (Å²) in [7, 11) is 1.59. The van der Waals surface area contributed by atoms with Gasteiger partial charge in [0.2, 0.25) is 5.95 Å². The number of piperazine rings is 1. The van der Waals surface area contributed by atoms with Gasteiger partial charge in [-0.3, -0.25) is 9.88 Å². The molecule has 1 saturated heterocycles. The number of methoxy groups -OCH3 is 1. The molecule has 0 unspecified atom stereocenters. The fourth-order valence-corrected chi connectivity index (χ4v) is 3.52. The maximum absolute atomic E-state index is 6.11. The molecule has 1 aromatic carbocycles. The first-order valence-electron chi connectivity index (χ1n) is 10.2. The molecule has 31 heavy (non-hydrogen) atoms. The Morgan fingerprint density at radius 3 is 2.61 bits per heavy atom. The van der Waals surface area contributed by atoms with Gasteiger partial charge < -0.3 is 20.7 Å². The summed E-state index contributed by atoms with van der Waals surface area (Å²) in [5.41, 5.74) is 3.64. The number of rotatable bonds is 7. The number of pyridine rings is 1. The first-order chi connectivity index (χ1) is 15.1. The molecule has 3 heterocycles. The van der Waals surface area contributed by atoms with Gasteiger partial charge in [0.25, 0.3) is 0 Å². The van der Waals surface area contributed by atoms with Gasteiger partial charge in [-0.1, -0.05) is 11.6 Å². The highest BCUT2D eigenvalue weighted by atomic mass is 35.5. The minimum atomic E-state index is 0.491. The second-order valence-electron chi connectivity index (χ2n) is 7.39. The average molecular weight is 440 g/mol. The van der Waals surface area contributed by atoms with Crippen molar-refractivity contribution in [1.82, 2.24) is 25.2 Å². The predicted molar refractivity (Wildman–Crippen MR) is 124 cm³/mol. The Morgan fingerprint density at radius 1 is 1.06 bits per heavy atom. The van der Waals surface area contributed by atoms with Crippen LogP contribution in [-0.4, -0.2) is 53.1 Å². The minimum Gasteiger partial charge on any atom is -0.495 e. The zero-order valence-electron chi connectivity index (χ0n) is 17.7. The number of benzene rings is 1. The minimum absolute atomic E-state index is 0.491. The molecule has 2 aromatic heterocycles. The zero-order valence-corrected chi connectivity index (χ0v) is 18.4. The number of aryl methyl sites for hydroxylation is 1. The third-order valence-electron chi connectivity index (χ3n) is 5.06. The van der Waals surface area contributed by atoms with E-state index in [1.807, 2.05) is 37.4 Å². The Labute approximate surface area is 187 Å². The molecule has 9 heteroatoms. The van der Waals surface area contributed by atoms with Crippen molar-refractivity contribution in [3.63, 3.8) is 0 Å². The van der Waals surface area contributed by atoms with Crippen LogP contribution >= 0.6 is 11.6 Å². The number of hydrogen-bond acceptors (Lipinski definition) is 8. The highest BCUT2D eigenvalue weighted by Gasteiger charge is 2.11. The van der Waals surface area contributed by atoms with Crippen molar-refractivity contribution in [1.29, 1.82) is 0 Å². The Balaban J connectivity index is 1.43. The van der Waals surface area contributed by atoms with Gasteiger partial charge in [0, 0.05) is 56.2 Å². The van der Waals surface area contributed by atoms with Crippen LogP contribution in [0.2, 0.25) is 5.02 Å². The lowest BCUT2D eigenvalue weighted by Gasteiger charge is -2.26. The fourth-order valence-electron chi connectivity index (χ4n) is 3.32. The van der Waals surface area contributed by atoms with Crippen LogP contribution in [-0.2, 0) is 6.54 Å². The second-order valence-corrected chi connectivity index (χ2v) is 7.80. The molecule has 3 N–H and O–H groups in total. The molecular formula is C22H26ClN7O. The highest BCUT2D eigenvalue weighted by molar-refractivity contribution is 6.32. The molecule has 1 fully saturated rings. The fraction of sp³-hybridized carbons (Fsp3) is 0.318. The van der Waals surface area contributed by atoms with E-state index in [1.54, 1.807) is 19.4 Å². The molecule has 3 aromatic rings. The Morgan fingerprint density at radius 2 is 1.87 bits per heavy atom. The summed E-state index contributed by atoms with van der Waals surface area (Å²) in [5, 5.41) is 10.4. The Bertz CT molecular complexity index is 1020. The smallest absolute Gasteiger partial charge is 0.229 e. The molecule has 162 valence electrons. The molecule has 1 aliphatic rings. The Hall–Kier alpha value is -2.94. The summed E-state index contributed by atoms with van der Waals surface area (Å²) < 4.78 is 5.28. The van der Waals surface area contributed by atoms with Crippen molar-refractivity contribution < 1.29 is 4.74 Å². The lowest BCUT2D eigenvalue weighted by atomic mass is 10.2. The van der Waals surface area contributed by atoms with Gasteiger partial charge in [-0.25, -0.2) is 4.98 Å². The van der Waals surface area contributed by atoms with E-state index in [0.717, 1.165) is 55.4 Å². The van der Waals surface area contributed by atoms with Gasteiger partial charge in [-0.2, -0.15) is 4.98 Å². The van der Waals surface area contributed by atoms with Crippen molar-refractivity contribution in [3.8, 4) is 5.75 Å². The van der Waals surface area contributed by atoms with E-state index in [1.165, 1.54) is 0 Å². The monoisotopic (exact) mass is 439 g/mol. The SMILES string of the molecule is COc1cc(Nc2nc(Nc3ccc(CN4CCNCC4)nc3)ncc2C)ccc1Cl. The molecule has 0 radical (unpaired) electrons. The van der Waals surface area contributed by atoms with E-state index in [4.69, 9.17) is 16.3 Å². The number of anilines is 4. The molecule has 8 nitrogen and oxygen atoms in total. The lowest BCUT2D eigenvalue weighted by Crippen LogP contribution is -2.43. The lowest BCUT2D eigenvalue weighted by molar-refractivity contribution is 0.231. The largest absolute Gasteiger partial charge is 0.495 e. The Kier molecular flexibility index (Phi) is 6.81. The van der Waals surface area contributed by atoms with Crippen LogP contribution in [0.4, 0.5) is 23.1 Å². The second kappa shape index (κ2) is 9.91. The van der Waals surface area contributed by atoms with Gasteiger partial charge in [-0.15, -0.1) is 0 Å². The third kappa shape index (κ3) is 5.61. The van der Waals surface area contributed by atoms with Crippen LogP contribution in [0.3, 0.4) is 0 Å². The molecule has 0 saturated carbocycles. The summed E-state index contributed by atoms with van der Waals surface area (Å²) in [6, 6.07) is 9.53. The van der Waals surface area contributed by atoms with Crippen molar-refractivity contribution in [2.24, 2.45) is 0 Å². The first-order valence-corrected chi connectivity index (χ1v) is 10.6. The third-order valence-corrected chi connectivity index (χ3v) is 5.37. The number of halogens is 1. The van der Waals surface area contributed by atoms with Gasteiger partial charge in [0.05, 0.1) is 29.7 Å². The van der Waals surface area contributed by atoms with E-state index in [9.17, 15) is 0 Å². The first kappa shape index (κ1) is 21.3. The van der Waals surface area contributed by atoms with Crippen molar-refractivity contribution in [3.05, 3.63) is 59.0 Å². The summed E-state index contributed by atoms with van der Waals surface area (Å²) in [5.74, 6) is 1.79. The normalized spacial score (nSPS) is 14.3. The molecule has 0 bridgehead atoms. The topological polar surface area (TPSA) is 87.2 Å². The van der Waals surface area contributed by atoms with Gasteiger partial charge in [-0.05, 0) is 31.2 Å². The van der Waals surface area contributed by atoms with Crippen molar-refractivity contribution in [2.45, 2.75) is 13.5 Å². The van der Waals surface area contributed by atoms with Gasteiger partial charge >= 0.3 is 0 Å². The van der Waals surface area contributed by atoms with Crippen LogP contribution in [0.5, 0.6) is 5.75 Å². The number of aromatic nitrogens is 3. The number of nitrogens with zero attached hydrogens (tertiary/aromatic N) is 4.